The first-order valence-corrected chi connectivity index (χ1v) is 10.2. The van der Waals surface area contributed by atoms with Gasteiger partial charge in [-0.15, -0.1) is 22.7 Å². The van der Waals surface area contributed by atoms with Crippen LogP contribution in [0.3, 0.4) is 0 Å². The lowest BCUT2D eigenvalue weighted by atomic mass is 10.3. The minimum atomic E-state index is 0.0413. The molecule has 2 rings (SSSR count). The van der Waals surface area contributed by atoms with Gasteiger partial charge >= 0.3 is 0 Å². The number of hydrogen-bond donors (Lipinski definition) is 2. The molecule has 0 radical (unpaired) electrons. The topological polar surface area (TPSA) is 77.4 Å². The van der Waals surface area contributed by atoms with Crippen LogP contribution in [-0.4, -0.2) is 63.1 Å². The molecule has 2 aromatic rings. The van der Waals surface area contributed by atoms with Crippen molar-refractivity contribution >= 4 is 22.7 Å². The van der Waals surface area contributed by atoms with E-state index in [1.165, 1.54) is 19.5 Å². The summed E-state index contributed by atoms with van der Waals surface area (Å²) in [5.41, 5.74) is 0. The van der Waals surface area contributed by atoms with Gasteiger partial charge in [0.1, 0.15) is 0 Å². The Balaban J connectivity index is 1.67. The number of aliphatic hydroxyl groups is 2. The first kappa shape index (κ1) is 21.5. The average Bonchev–Trinajstić information content (AvgIpc) is 3.30. The Bertz CT molecular complexity index is 546. The summed E-state index contributed by atoms with van der Waals surface area (Å²) in [7, 11) is 0. The van der Waals surface area contributed by atoms with Crippen molar-refractivity contribution in [2.45, 2.75) is 13.2 Å². The highest BCUT2D eigenvalue weighted by Gasteiger charge is 2.07. The molecule has 8 heteroatoms. The fourth-order valence-corrected chi connectivity index (χ4v) is 4.07. The first-order valence-electron chi connectivity index (χ1n) is 8.54. The van der Waals surface area contributed by atoms with Crippen molar-refractivity contribution in [2.24, 2.45) is 0 Å². The molecule has 0 saturated carbocycles. The number of thiophene rings is 2. The molecule has 0 atom stereocenters. The molecule has 0 spiro atoms. The third kappa shape index (κ3) is 8.24. The van der Waals surface area contributed by atoms with Crippen LogP contribution in [0.15, 0.2) is 24.3 Å². The Labute approximate surface area is 161 Å². The molecular formula is C18H26O6S2. The van der Waals surface area contributed by atoms with Crippen LogP contribution < -0.4 is 0 Å². The van der Waals surface area contributed by atoms with Gasteiger partial charge < -0.3 is 29.2 Å². The zero-order valence-electron chi connectivity index (χ0n) is 14.7. The van der Waals surface area contributed by atoms with Crippen LogP contribution in [0.5, 0.6) is 0 Å². The van der Waals surface area contributed by atoms with Gasteiger partial charge in [0.2, 0.25) is 0 Å². The van der Waals surface area contributed by atoms with E-state index in [1.54, 1.807) is 22.7 Å². The fraction of sp³-hybridized carbons (Fsp3) is 0.556. The second-order valence-electron chi connectivity index (χ2n) is 5.31. The Morgan fingerprint density at radius 3 is 1.42 bits per heavy atom. The van der Waals surface area contributed by atoms with Crippen LogP contribution in [0.2, 0.25) is 0 Å². The minimum absolute atomic E-state index is 0.0413. The molecule has 0 amide bonds. The number of hydrogen-bond acceptors (Lipinski definition) is 8. The van der Waals surface area contributed by atoms with E-state index in [0.29, 0.717) is 52.9 Å². The lowest BCUT2D eigenvalue weighted by Gasteiger charge is -2.03. The predicted molar refractivity (Wildman–Crippen MR) is 103 cm³/mol. The molecule has 2 N–H and O–H groups in total. The zero-order chi connectivity index (χ0) is 18.5. The third-order valence-corrected chi connectivity index (χ3v) is 5.58. The molecule has 0 aliphatic carbocycles. The van der Waals surface area contributed by atoms with Crippen LogP contribution >= 0.6 is 22.7 Å². The maximum atomic E-state index is 8.62. The molecular weight excluding hydrogens is 376 g/mol. The minimum Gasteiger partial charge on any atom is -0.394 e. The molecule has 0 fully saturated rings. The highest BCUT2D eigenvalue weighted by molar-refractivity contribution is 7.22. The molecule has 2 heterocycles. The number of aliphatic hydroxyl groups excluding tert-OH is 2. The lowest BCUT2D eigenvalue weighted by molar-refractivity contribution is 0.0281. The molecule has 0 saturated heterocycles. The van der Waals surface area contributed by atoms with Crippen molar-refractivity contribution in [2.75, 3.05) is 52.9 Å². The summed E-state index contributed by atoms with van der Waals surface area (Å²) >= 11 is 3.45. The summed E-state index contributed by atoms with van der Waals surface area (Å²) in [4.78, 5) is 4.80. The standard InChI is InChI=1S/C18H26O6S2/c19-5-7-21-9-11-23-13-15-1-3-17(25-15)18-4-2-16(26-18)14-24-12-10-22-8-6-20/h1-4,19-20H,5-14H2. The van der Waals surface area contributed by atoms with E-state index in [2.05, 4.69) is 24.3 Å². The van der Waals surface area contributed by atoms with E-state index in [9.17, 15) is 0 Å². The van der Waals surface area contributed by atoms with Crippen molar-refractivity contribution in [3.63, 3.8) is 0 Å². The van der Waals surface area contributed by atoms with Crippen LogP contribution in [0.25, 0.3) is 9.75 Å². The molecule has 26 heavy (non-hydrogen) atoms. The summed E-state index contributed by atoms with van der Waals surface area (Å²) < 4.78 is 21.5. The molecule has 2 aromatic heterocycles. The zero-order valence-corrected chi connectivity index (χ0v) is 16.4. The van der Waals surface area contributed by atoms with Gasteiger partial charge in [-0.2, -0.15) is 0 Å². The Kier molecular flexibility index (Phi) is 11.0. The molecule has 0 unspecified atom stereocenters. The quantitative estimate of drug-likeness (QED) is 0.446. The van der Waals surface area contributed by atoms with Crippen molar-refractivity contribution < 1.29 is 29.2 Å². The lowest BCUT2D eigenvalue weighted by Crippen LogP contribution is -2.06. The largest absolute Gasteiger partial charge is 0.394 e. The van der Waals surface area contributed by atoms with E-state index < -0.39 is 0 Å². The molecule has 0 aliphatic heterocycles. The monoisotopic (exact) mass is 402 g/mol. The van der Waals surface area contributed by atoms with Gasteiger partial charge in [0.05, 0.1) is 66.1 Å². The average molecular weight is 403 g/mol. The van der Waals surface area contributed by atoms with E-state index in [4.69, 9.17) is 29.2 Å². The van der Waals surface area contributed by atoms with Crippen molar-refractivity contribution in [1.29, 1.82) is 0 Å². The van der Waals surface area contributed by atoms with Crippen LogP contribution in [0, 0.1) is 0 Å². The predicted octanol–water partition coefficient (Wildman–Crippen LogP) is 2.53. The van der Waals surface area contributed by atoms with Gasteiger partial charge in [-0.25, -0.2) is 0 Å². The normalized spacial score (nSPS) is 11.3. The second-order valence-corrected chi connectivity index (χ2v) is 7.65. The molecule has 0 aliphatic rings. The SMILES string of the molecule is OCCOCCOCc1ccc(-c2ccc(COCCOCCO)s2)s1. The van der Waals surface area contributed by atoms with E-state index >= 15 is 0 Å². The van der Waals surface area contributed by atoms with Crippen molar-refractivity contribution in [3.05, 3.63) is 34.0 Å². The van der Waals surface area contributed by atoms with Gasteiger partial charge in [0.15, 0.2) is 0 Å². The molecule has 146 valence electrons. The number of ether oxygens (including phenoxy) is 4. The van der Waals surface area contributed by atoms with Gasteiger partial charge in [-0.1, -0.05) is 0 Å². The van der Waals surface area contributed by atoms with Crippen LogP contribution in [0.4, 0.5) is 0 Å². The Morgan fingerprint density at radius 1 is 0.577 bits per heavy atom. The Morgan fingerprint density at radius 2 is 1.00 bits per heavy atom. The van der Waals surface area contributed by atoms with Gasteiger partial charge in [-0.3, -0.25) is 0 Å². The van der Waals surface area contributed by atoms with Gasteiger partial charge in [0, 0.05) is 19.5 Å². The second kappa shape index (κ2) is 13.3. The summed E-state index contributed by atoms with van der Waals surface area (Å²) in [6.07, 6.45) is 0. The van der Waals surface area contributed by atoms with Crippen molar-refractivity contribution in [1.82, 2.24) is 0 Å². The van der Waals surface area contributed by atoms with E-state index in [1.807, 2.05) is 0 Å². The summed E-state index contributed by atoms with van der Waals surface area (Å²) in [5.74, 6) is 0. The smallest absolute Gasteiger partial charge is 0.0810 e. The third-order valence-electron chi connectivity index (χ3n) is 3.27. The van der Waals surface area contributed by atoms with Crippen molar-refractivity contribution in [3.8, 4) is 9.75 Å². The molecule has 0 aromatic carbocycles. The maximum absolute atomic E-state index is 8.62. The highest BCUT2D eigenvalue weighted by Crippen LogP contribution is 2.34. The van der Waals surface area contributed by atoms with Crippen LogP contribution in [0.1, 0.15) is 9.75 Å². The van der Waals surface area contributed by atoms with E-state index in [-0.39, 0.29) is 13.2 Å². The highest BCUT2D eigenvalue weighted by atomic mass is 32.1. The first-order chi connectivity index (χ1) is 12.8. The van der Waals surface area contributed by atoms with Gasteiger partial charge in [-0.05, 0) is 24.3 Å². The maximum Gasteiger partial charge on any atom is 0.0810 e. The summed E-state index contributed by atoms with van der Waals surface area (Å²) in [5, 5.41) is 17.2. The number of rotatable bonds is 15. The molecule has 6 nitrogen and oxygen atoms in total. The molecule has 0 bridgehead atoms. The summed E-state index contributed by atoms with van der Waals surface area (Å²) in [6.45, 7) is 3.98. The fourth-order valence-electron chi connectivity index (χ4n) is 2.09. The summed E-state index contributed by atoms with van der Waals surface area (Å²) in [6, 6.07) is 8.40. The van der Waals surface area contributed by atoms with Gasteiger partial charge in [0.25, 0.3) is 0 Å². The van der Waals surface area contributed by atoms with Crippen LogP contribution in [-0.2, 0) is 32.2 Å². The van der Waals surface area contributed by atoms with E-state index in [0.717, 1.165) is 0 Å². The Hall–Kier alpha value is -0.840.